The number of benzene rings is 2. The number of esters is 1. The molecular formula is C21H24O4. The molecule has 25 heavy (non-hydrogen) atoms. The zero-order valence-corrected chi connectivity index (χ0v) is 14.9. The molecule has 4 heteroatoms. The minimum Gasteiger partial charge on any atom is -0.508 e. The fraction of sp³-hybridized carbons (Fsp3) is 0.286. The van der Waals surface area contributed by atoms with Crippen molar-refractivity contribution in [2.45, 2.75) is 40.0 Å². The quantitative estimate of drug-likeness (QED) is 0.467. The van der Waals surface area contributed by atoms with Crippen molar-refractivity contribution in [2.24, 2.45) is 0 Å². The maximum atomic E-state index is 11.3. The molecule has 0 bridgehead atoms. The van der Waals surface area contributed by atoms with E-state index in [0.29, 0.717) is 18.6 Å². The van der Waals surface area contributed by atoms with Gasteiger partial charge < -0.3 is 14.9 Å². The minimum atomic E-state index is -0.332. The van der Waals surface area contributed by atoms with Gasteiger partial charge in [-0.15, -0.1) is 0 Å². The van der Waals surface area contributed by atoms with Crippen LogP contribution in [0.3, 0.4) is 0 Å². The monoisotopic (exact) mass is 340 g/mol. The van der Waals surface area contributed by atoms with Gasteiger partial charge in [-0.3, -0.25) is 4.79 Å². The number of rotatable bonds is 6. The molecular weight excluding hydrogens is 316 g/mol. The Bertz CT molecular complexity index is 766. The highest BCUT2D eigenvalue weighted by molar-refractivity contribution is 5.70. The molecule has 0 atom stereocenters. The molecule has 0 aliphatic rings. The lowest BCUT2D eigenvalue weighted by Gasteiger charge is -2.11. The predicted molar refractivity (Wildman–Crippen MR) is 98.1 cm³/mol. The fourth-order valence-electron chi connectivity index (χ4n) is 2.61. The number of carbonyl (C=O) groups is 1. The zero-order valence-electron chi connectivity index (χ0n) is 14.9. The van der Waals surface area contributed by atoms with Crippen molar-refractivity contribution in [3.05, 3.63) is 64.7 Å². The molecule has 0 spiro atoms. The molecule has 2 N–H and O–H groups in total. The number of allylic oxidation sites excluding steroid dienone is 2. The maximum absolute atomic E-state index is 11.3. The number of hydrogen-bond acceptors (Lipinski definition) is 4. The van der Waals surface area contributed by atoms with Crippen LogP contribution in [0, 0.1) is 0 Å². The minimum absolute atomic E-state index is 0.0597. The Morgan fingerprint density at radius 2 is 1.60 bits per heavy atom. The lowest BCUT2D eigenvalue weighted by molar-refractivity contribution is -0.131. The summed E-state index contributed by atoms with van der Waals surface area (Å²) in [6, 6.07) is 10.4. The van der Waals surface area contributed by atoms with Crippen molar-refractivity contribution >= 4 is 5.97 Å². The summed E-state index contributed by atoms with van der Waals surface area (Å²) in [6.45, 7) is 5.46. The molecule has 0 radical (unpaired) electrons. The summed E-state index contributed by atoms with van der Waals surface area (Å²) >= 11 is 0. The van der Waals surface area contributed by atoms with E-state index in [4.69, 9.17) is 4.74 Å². The van der Waals surface area contributed by atoms with Gasteiger partial charge in [0.15, 0.2) is 0 Å². The summed E-state index contributed by atoms with van der Waals surface area (Å²) < 4.78 is 5.29. The molecule has 0 unspecified atom stereocenters. The Balaban J connectivity index is 2.18. The van der Waals surface area contributed by atoms with Crippen LogP contribution in [0.2, 0.25) is 0 Å². The van der Waals surface area contributed by atoms with Gasteiger partial charge in [-0.2, -0.15) is 0 Å². The van der Waals surface area contributed by atoms with E-state index in [-0.39, 0.29) is 17.5 Å². The molecule has 2 aromatic rings. The molecule has 0 aromatic heterocycles. The largest absolute Gasteiger partial charge is 0.508 e. The number of phenols is 2. The molecule has 4 nitrogen and oxygen atoms in total. The van der Waals surface area contributed by atoms with E-state index < -0.39 is 0 Å². The van der Waals surface area contributed by atoms with Gasteiger partial charge in [0.05, 0.1) is 0 Å². The van der Waals surface area contributed by atoms with Gasteiger partial charge in [-0.25, -0.2) is 0 Å². The second-order valence-corrected chi connectivity index (χ2v) is 6.38. The third kappa shape index (κ3) is 5.99. The molecule has 0 saturated carbocycles. The van der Waals surface area contributed by atoms with Gasteiger partial charge in [-0.05, 0) is 68.0 Å². The third-order valence-corrected chi connectivity index (χ3v) is 3.77. The first kappa shape index (κ1) is 18.6. The van der Waals surface area contributed by atoms with Crippen LogP contribution in [-0.2, 0) is 24.1 Å². The third-order valence-electron chi connectivity index (χ3n) is 3.77. The van der Waals surface area contributed by atoms with Gasteiger partial charge in [0, 0.05) is 13.0 Å². The van der Waals surface area contributed by atoms with E-state index in [1.807, 2.05) is 32.0 Å². The lowest BCUT2D eigenvalue weighted by atomic mass is 10.00. The molecule has 0 saturated heterocycles. The second kappa shape index (κ2) is 8.38. The summed E-state index contributed by atoms with van der Waals surface area (Å²) in [4.78, 5) is 11.3. The van der Waals surface area contributed by atoms with Crippen LogP contribution < -0.4 is 4.74 Å². The lowest BCUT2D eigenvalue weighted by Crippen LogP contribution is -2.04. The Morgan fingerprint density at radius 3 is 2.20 bits per heavy atom. The normalized spacial score (nSPS) is 10.4. The zero-order chi connectivity index (χ0) is 18.4. The van der Waals surface area contributed by atoms with Crippen molar-refractivity contribution in [3.8, 4) is 17.2 Å². The smallest absolute Gasteiger partial charge is 0.308 e. The average Bonchev–Trinajstić information content (AvgIpc) is 2.51. The highest BCUT2D eigenvalue weighted by atomic mass is 16.5. The van der Waals surface area contributed by atoms with Gasteiger partial charge in [0.2, 0.25) is 0 Å². The van der Waals surface area contributed by atoms with Gasteiger partial charge in [-0.1, -0.05) is 23.8 Å². The molecule has 132 valence electrons. The first-order chi connectivity index (χ1) is 11.8. The average molecular weight is 340 g/mol. The highest BCUT2D eigenvalue weighted by Gasteiger charge is 2.08. The number of phenolic OH excluding ortho intramolecular Hbond substituents is 2. The predicted octanol–water partition coefficient (Wildman–Crippen LogP) is 4.32. The van der Waals surface area contributed by atoms with Crippen LogP contribution in [-0.4, -0.2) is 16.2 Å². The highest BCUT2D eigenvalue weighted by Crippen LogP contribution is 2.25. The maximum Gasteiger partial charge on any atom is 0.308 e. The van der Waals surface area contributed by atoms with Crippen molar-refractivity contribution in [2.75, 3.05) is 0 Å². The Morgan fingerprint density at radius 1 is 0.960 bits per heavy atom. The van der Waals surface area contributed by atoms with Crippen molar-refractivity contribution in [1.29, 1.82) is 0 Å². The second-order valence-electron chi connectivity index (χ2n) is 6.38. The van der Waals surface area contributed by atoms with E-state index >= 15 is 0 Å². The molecule has 0 amide bonds. The van der Waals surface area contributed by atoms with Crippen LogP contribution in [0.5, 0.6) is 17.2 Å². The van der Waals surface area contributed by atoms with E-state index in [2.05, 4.69) is 6.08 Å². The van der Waals surface area contributed by atoms with Crippen LogP contribution in [0.4, 0.5) is 0 Å². The summed E-state index contributed by atoms with van der Waals surface area (Å²) in [7, 11) is 0. The van der Waals surface area contributed by atoms with Crippen molar-refractivity contribution in [1.82, 2.24) is 0 Å². The van der Waals surface area contributed by atoms with E-state index in [1.165, 1.54) is 18.6 Å². The van der Waals surface area contributed by atoms with Gasteiger partial charge >= 0.3 is 5.97 Å². The topological polar surface area (TPSA) is 66.8 Å². The number of aromatic hydroxyl groups is 2. The summed E-state index contributed by atoms with van der Waals surface area (Å²) in [5.74, 6) is 0.374. The number of carbonyl (C=O) groups excluding carboxylic acids is 1. The summed E-state index contributed by atoms with van der Waals surface area (Å²) in [5, 5.41) is 19.1. The number of ether oxygens (including phenoxy) is 1. The number of aryl methyl sites for hydroxylation is 2. The summed E-state index contributed by atoms with van der Waals surface area (Å²) in [6.07, 6.45) is 4.24. The summed E-state index contributed by atoms with van der Waals surface area (Å²) in [5.41, 5.74) is 4.14. The van der Waals surface area contributed by atoms with E-state index in [9.17, 15) is 15.0 Å². The molecule has 2 aromatic carbocycles. The van der Waals surface area contributed by atoms with Crippen LogP contribution in [0.1, 0.15) is 37.5 Å². The SMILES string of the molecule is CC(=O)Oc1ccc(CCc2cc(O)cc(O)c2)cc1CC=C(C)C. The van der Waals surface area contributed by atoms with Crippen molar-refractivity contribution in [3.63, 3.8) is 0 Å². The van der Waals surface area contributed by atoms with Gasteiger partial charge in [0.1, 0.15) is 17.2 Å². The van der Waals surface area contributed by atoms with Crippen LogP contribution >= 0.6 is 0 Å². The standard InChI is InChI=1S/C21H24O4/c1-14(2)4-8-18-10-16(7-9-21(18)25-15(3)22)5-6-17-11-19(23)13-20(24)12-17/h4,7,9-13,23-24H,5-6,8H2,1-3H3. The van der Waals surface area contributed by atoms with Crippen LogP contribution in [0.15, 0.2) is 48.0 Å². The molecule has 0 aliphatic heterocycles. The molecule has 0 fully saturated rings. The van der Waals surface area contributed by atoms with Crippen molar-refractivity contribution < 1.29 is 19.7 Å². The van der Waals surface area contributed by atoms with E-state index in [0.717, 1.165) is 23.1 Å². The Hall–Kier alpha value is -2.75. The van der Waals surface area contributed by atoms with E-state index in [1.54, 1.807) is 12.1 Å². The molecule has 2 rings (SSSR count). The first-order valence-corrected chi connectivity index (χ1v) is 8.29. The molecule has 0 heterocycles. The Kier molecular flexibility index (Phi) is 6.23. The van der Waals surface area contributed by atoms with Crippen LogP contribution in [0.25, 0.3) is 0 Å². The van der Waals surface area contributed by atoms with Gasteiger partial charge in [0.25, 0.3) is 0 Å². The number of hydrogen-bond donors (Lipinski definition) is 2. The fourth-order valence-corrected chi connectivity index (χ4v) is 2.61. The molecule has 0 aliphatic carbocycles. The first-order valence-electron chi connectivity index (χ1n) is 8.29. The Labute approximate surface area is 148 Å².